The summed E-state index contributed by atoms with van der Waals surface area (Å²) in [6.07, 6.45) is 1.68. The Bertz CT molecular complexity index is 369. The van der Waals surface area contributed by atoms with Gasteiger partial charge in [-0.3, -0.25) is 4.79 Å². The number of carbonyl (C=O) groups is 1. The summed E-state index contributed by atoms with van der Waals surface area (Å²) >= 11 is 0. The van der Waals surface area contributed by atoms with Gasteiger partial charge in [0, 0.05) is 19.1 Å². The molecule has 18 heavy (non-hydrogen) atoms. The number of sulfonamides is 1. The SMILES string of the molecule is CCOC(=O)CCS(=O)(=O)N1CCCC1CNC. The average Bonchev–Trinajstić information content (AvgIpc) is 2.77. The van der Waals surface area contributed by atoms with Crippen molar-refractivity contribution in [3.63, 3.8) is 0 Å². The van der Waals surface area contributed by atoms with Crippen LogP contribution in [-0.2, 0) is 19.6 Å². The van der Waals surface area contributed by atoms with E-state index in [2.05, 4.69) is 5.32 Å². The molecule has 0 aromatic heterocycles. The van der Waals surface area contributed by atoms with Crippen LogP contribution in [0.15, 0.2) is 0 Å². The smallest absolute Gasteiger partial charge is 0.306 e. The Kier molecular flexibility index (Phi) is 6.04. The lowest BCUT2D eigenvalue weighted by Crippen LogP contribution is -2.42. The molecule has 1 heterocycles. The number of rotatable bonds is 7. The van der Waals surface area contributed by atoms with Crippen molar-refractivity contribution in [3.05, 3.63) is 0 Å². The maximum Gasteiger partial charge on any atom is 0.306 e. The Balaban J connectivity index is 2.54. The van der Waals surface area contributed by atoms with Crippen LogP contribution in [0, 0.1) is 0 Å². The minimum Gasteiger partial charge on any atom is -0.466 e. The molecule has 0 aliphatic carbocycles. The predicted octanol–water partition coefficient (Wildman–Crippen LogP) is -0.0468. The Hall–Kier alpha value is -0.660. The van der Waals surface area contributed by atoms with Gasteiger partial charge in [-0.1, -0.05) is 0 Å². The van der Waals surface area contributed by atoms with Crippen molar-refractivity contribution in [1.29, 1.82) is 0 Å². The molecule has 1 aliphatic rings. The zero-order valence-corrected chi connectivity index (χ0v) is 11.8. The van der Waals surface area contributed by atoms with Gasteiger partial charge in [0.15, 0.2) is 0 Å². The molecule has 1 saturated heterocycles. The molecule has 1 rings (SSSR count). The van der Waals surface area contributed by atoms with E-state index >= 15 is 0 Å². The summed E-state index contributed by atoms with van der Waals surface area (Å²) in [5.74, 6) is -0.614. The number of hydrogen-bond acceptors (Lipinski definition) is 5. The number of nitrogens with one attached hydrogen (secondary N) is 1. The van der Waals surface area contributed by atoms with Crippen molar-refractivity contribution in [3.8, 4) is 0 Å². The zero-order chi connectivity index (χ0) is 13.6. The van der Waals surface area contributed by atoms with Gasteiger partial charge in [-0.05, 0) is 26.8 Å². The third-order valence-corrected chi connectivity index (χ3v) is 4.90. The van der Waals surface area contributed by atoms with E-state index in [1.807, 2.05) is 7.05 Å². The molecule has 0 bridgehead atoms. The molecule has 0 aromatic carbocycles. The second-order valence-corrected chi connectivity index (χ2v) is 6.38. The fraction of sp³-hybridized carbons (Fsp3) is 0.909. The predicted molar refractivity (Wildman–Crippen MR) is 68.7 cm³/mol. The van der Waals surface area contributed by atoms with Crippen LogP contribution in [0.1, 0.15) is 26.2 Å². The van der Waals surface area contributed by atoms with Gasteiger partial charge in [0.05, 0.1) is 18.8 Å². The lowest BCUT2D eigenvalue weighted by molar-refractivity contribution is -0.142. The molecule has 1 fully saturated rings. The molecule has 0 amide bonds. The molecule has 1 atom stereocenters. The average molecular weight is 278 g/mol. The summed E-state index contributed by atoms with van der Waals surface area (Å²) in [5, 5.41) is 3.00. The van der Waals surface area contributed by atoms with E-state index in [0.29, 0.717) is 13.1 Å². The molecular weight excluding hydrogens is 256 g/mol. The molecule has 0 radical (unpaired) electrons. The summed E-state index contributed by atoms with van der Waals surface area (Å²) < 4.78 is 30.5. The molecule has 106 valence electrons. The Labute approximate surface area is 109 Å². The van der Waals surface area contributed by atoms with Gasteiger partial charge in [0.25, 0.3) is 0 Å². The number of carbonyl (C=O) groups excluding carboxylic acids is 1. The largest absolute Gasteiger partial charge is 0.466 e. The first-order valence-electron chi connectivity index (χ1n) is 6.31. The Morgan fingerprint density at radius 3 is 2.83 bits per heavy atom. The first-order chi connectivity index (χ1) is 8.51. The van der Waals surface area contributed by atoms with Gasteiger partial charge in [0.2, 0.25) is 10.0 Å². The highest BCUT2D eigenvalue weighted by atomic mass is 32.2. The highest BCUT2D eigenvalue weighted by Crippen LogP contribution is 2.21. The monoisotopic (exact) mass is 278 g/mol. The number of nitrogens with zero attached hydrogens (tertiary/aromatic N) is 1. The van der Waals surface area contributed by atoms with E-state index < -0.39 is 16.0 Å². The first-order valence-corrected chi connectivity index (χ1v) is 7.92. The minimum absolute atomic E-state index is 0.0159. The molecule has 1 unspecified atom stereocenters. The molecule has 0 saturated carbocycles. The summed E-state index contributed by atoms with van der Waals surface area (Å²) in [6, 6.07) is 0.0159. The van der Waals surface area contributed by atoms with Crippen LogP contribution in [-0.4, -0.2) is 57.2 Å². The van der Waals surface area contributed by atoms with E-state index in [9.17, 15) is 13.2 Å². The Morgan fingerprint density at radius 1 is 1.50 bits per heavy atom. The van der Waals surface area contributed by atoms with Gasteiger partial charge < -0.3 is 10.1 Å². The van der Waals surface area contributed by atoms with Crippen LogP contribution in [0.2, 0.25) is 0 Å². The van der Waals surface area contributed by atoms with Crippen molar-refractivity contribution in [2.45, 2.75) is 32.2 Å². The number of ether oxygens (including phenoxy) is 1. The molecule has 6 nitrogen and oxygen atoms in total. The lowest BCUT2D eigenvalue weighted by Gasteiger charge is -2.23. The third kappa shape index (κ3) is 4.22. The highest BCUT2D eigenvalue weighted by Gasteiger charge is 2.33. The number of esters is 1. The van der Waals surface area contributed by atoms with Crippen LogP contribution in [0.5, 0.6) is 0 Å². The summed E-state index contributed by atoms with van der Waals surface area (Å²) in [5.41, 5.74) is 0. The van der Waals surface area contributed by atoms with Crippen molar-refractivity contribution >= 4 is 16.0 Å². The molecule has 7 heteroatoms. The molecule has 1 N–H and O–H groups in total. The summed E-state index contributed by atoms with van der Waals surface area (Å²) in [4.78, 5) is 11.2. The minimum atomic E-state index is -3.35. The normalized spacial score (nSPS) is 21.1. The van der Waals surface area contributed by atoms with Crippen molar-refractivity contribution < 1.29 is 17.9 Å². The lowest BCUT2D eigenvalue weighted by atomic mass is 10.2. The van der Waals surface area contributed by atoms with Crippen molar-refractivity contribution in [2.24, 2.45) is 0 Å². The van der Waals surface area contributed by atoms with Gasteiger partial charge in [-0.2, -0.15) is 4.31 Å². The first kappa shape index (κ1) is 15.4. The van der Waals surface area contributed by atoms with E-state index in [-0.39, 0.29) is 24.8 Å². The number of likely N-dealkylation sites (N-methyl/N-ethyl adjacent to an activating group) is 1. The van der Waals surface area contributed by atoms with Crippen LogP contribution in [0.3, 0.4) is 0 Å². The van der Waals surface area contributed by atoms with Crippen LogP contribution < -0.4 is 5.32 Å². The van der Waals surface area contributed by atoms with Crippen LogP contribution >= 0.6 is 0 Å². The van der Waals surface area contributed by atoms with Gasteiger partial charge >= 0.3 is 5.97 Å². The van der Waals surface area contributed by atoms with E-state index in [1.54, 1.807) is 6.92 Å². The van der Waals surface area contributed by atoms with Gasteiger partial charge in [-0.15, -0.1) is 0 Å². The van der Waals surface area contributed by atoms with E-state index in [4.69, 9.17) is 4.74 Å². The van der Waals surface area contributed by atoms with Gasteiger partial charge in [-0.25, -0.2) is 8.42 Å². The fourth-order valence-corrected chi connectivity index (χ4v) is 3.88. The fourth-order valence-electron chi connectivity index (χ4n) is 2.18. The summed E-state index contributed by atoms with van der Waals surface area (Å²) in [7, 11) is -1.54. The van der Waals surface area contributed by atoms with E-state index in [1.165, 1.54) is 4.31 Å². The zero-order valence-electron chi connectivity index (χ0n) is 11.0. The number of hydrogen-bond donors (Lipinski definition) is 1. The maximum atomic E-state index is 12.1. The van der Waals surface area contributed by atoms with Crippen LogP contribution in [0.4, 0.5) is 0 Å². The molecular formula is C11H22N2O4S. The van der Waals surface area contributed by atoms with Gasteiger partial charge in [0.1, 0.15) is 0 Å². The van der Waals surface area contributed by atoms with Crippen molar-refractivity contribution in [2.75, 3.05) is 32.5 Å². The second-order valence-electron chi connectivity index (χ2n) is 4.34. The van der Waals surface area contributed by atoms with E-state index in [0.717, 1.165) is 12.8 Å². The molecule has 0 aromatic rings. The highest BCUT2D eigenvalue weighted by molar-refractivity contribution is 7.89. The molecule has 1 aliphatic heterocycles. The van der Waals surface area contributed by atoms with Crippen molar-refractivity contribution in [1.82, 2.24) is 9.62 Å². The summed E-state index contributed by atoms with van der Waals surface area (Å²) in [6.45, 7) is 3.19. The molecule has 0 spiro atoms. The Morgan fingerprint density at radius 2 is 2.22 bits per heavy atom. The third-order valence-electron chi connectivity index (χ3n) is 2.99. The van der Waals surface area contributed by atoms with Crippen LogP contribution in [0.25, 0.3) is 0 Å². The standard InChI is InChI=1S/C11H22N2O4S/c1-3-17-11(14)6-8-18(15,16)13-7-4-5-10(13)9-12-2/h10,12H,3-9H2,1-2H3. The second kappa shape index (κ2) is 7.06. The topological polar surface area (TPSA) is 75.7 Å². The quantitative estimate of drug-likeness (QED) is 0.661. The maximum absolute atomic E-state index is 12.1.